The molecule has 3 aliphatic heterocycles. The highest BCUT2D eigenvalue weighted by atomic mass is 35.5. The number of carbonyl (C=O) groups excluding carboxylic acids is 4. The van der Waals surface area contributed by atoms with Crippen LogP contribution in [0.15, 0.2) is 36.9 Å². The van der Waals surface area contributed by atoms with Crippen LogP contribution in [-0.2, 0) is 35.6 Å². The third kappa shape index (κ3) is 9.40. The molecule has 7 aliphatic rings. The van der Waals surface area contributed by atoms with Gasteiger partial charge in [-0.05, 0) is 102 Å². The zero-order valence-corrected chi connectivity index (χ0v) is 38.1. The lowest BCUT2D eigenvalue weighted by Crippen LogP contribution is -2.59. The third-order valence-electron chi connectivity index (χ3n) is 14.8. The van der Waals surface area contributed by atoms with E-state index >= 15 is 9.18 Å². The lowest BCUT2D eigenvalue weighted by molar-refractivity contribution is -0.142. The fourth-order valence-corrected chi connectivity index (χ4v) is 11.6. The molecule has 4 saturated carbocycles. The van der Waals surface area contributed by atoms with Crippen molar-refractivity contribution in [1.29, 1.82) is 0 Å². The molecule has 64 heavy (non-hydrogen) atoms. The topological polar surface area (TPSA) is 194 Å². The van der Waals surface area contributed by atoms with E-state index in [-0.39, 0.29) is 62.2 Å². The first kappa shape index (κ1) is 46.3. The second-order valence-corrected chi connectivity index (χ2v) is 21.5. The molecule has 350 valence electrons. The van der Waals surface area contributed by atoms with Crippen LogP contribution in [0.2, 0.25) is 0 Å². The van der Waals surface area contributed by atoms with Crippen LogP contribution in [0.25, 0.3) is 10.9 Å². The lowest BCUT2D eigenvalue weighted by atomic mass is 9.83. The zero-order chi connectivity index (χ0) is 44.1. The highest BCUT2D eigenvalue weighted by Crippen LogP contribution is 2.48. The van der Waals surface area contributed by atoms with Crippen molar-refractivity contribution in [3.05, 3.63) is 42.5 Å². The van der Waals surface area contributed by atoms with E-state index in [2.05, 4.69) is 27.3 Å². The number of nitrogens with zero attached hydrogens (tertiary/aromatic N) is 2. The fourth-order valence-electron chi connectivity index (χ4n) is 10.3. The van der Waals surface area contributed by atoms with Crippen LogP contribution in [0.3, 0.4) is 0 Å². The highest BCUT2D eigenvalue weighted by Gasteiger charge is 2.63. The van der Waals surface area contributed by atoms with Gasteiger partial charge in [-0.3, -0.25) is 19.1 Å². The average Bonchev–Trinajstić information content (AvgIpc) is 4.23. The number of alkyl halides is 1. The quantitative estimate of drug-likeness (QED) is 0.238. The number of sulfonamides is 1. The van der Waals surface area contributed by atoms with Gasteiger partial charge in [0, 0.05) is 24.3 Å². The Kier molecular flexibility index (Phi) is 13.4. The van der Waals surface area contributed by atoms with E-state index in [9.17, 15) is 22.8 Å². The lowest BCUT2D eigenvalue weighted by Gasteiger charge is -2.34. The Hall–Kier alpha value is -4.22. The van der Waals surface area contributed by atoms with Gasteiger partial charge < -0.3 is 35.1 Å². The van der Waals surface area contributed by atoms with Crippen LogP contribution < -0.4 is 30.1 Å². The number of benzene rings is 1. The minimum absolute atomic E-state index is 0. The second-order valence-electron chi connectivity index (χ2n) is 19.3. The van der Waals surface area contributed by atoms with Gasteiger partial charge >= 0.3 is 6.09 Å². The van der Waals surface area contributed by atoms with Crippen molar-refractivity contribution in [2.24, 2.45) is 17.8 Å². The van der Waals surface area contributed by atoms with Gasteiger partial charge in [-0.1, -0.05) is 50.3 Å². The summed E-state index contributed by atoms with van der Waals surface area (Å²) in [5.74, 6) is -1.70. The van der Waals surface area contributed by atoms with Gasteiger partial charge in [0.1, 0.15) is 47.9 Å². The molecule has 18 heteroatoms. The number of piperidine rings is 1. The molecule has 0 radical (unpaired) electrons. The van der Waals surface area contributed by atoms with E-state index in [4.69, 9.17) is 19.2 Å². The fraction of sp³-hybridized carbons (Fsp3) is 0.674. The molecule has 2 aromatic rings. The molecule has 0 spiro atoms. The molecule has 4 aliphatic carbocycles. The third-order valence-corrected chi connectivity index (χ3v) is 17.0. The molecular weight excluding hydrogens is 867 g/mol. The molecule has 1 aromatic carbocycles. The number of ether oxygens (including phenoxy) is 3. The number of pyridine rings is 1. The van der Waals surface area contributed by atoms with Gasteiger partial charge in [0.05, 0.1) is 22.4 Å². The summed E-state index contributed by atoms with van der Waals surface area (Å²) in [6.45, 7) is 6.16. The number of nitrogens with one attached hydrogen (secondary N) is 4. The number of halogens is 2. The summed E-state index contributed by atoms with van der Waals surface area (Å²) < 4.78 is 62.4. The number of amides is 4. The molecule has 2 saturated heterocycles. The standard InChI is InChI=1S/C46H61FN6O9S.ClH/c1-3-29-24-46(29,43(56)52-63(58,59)45(2)19-20-45)51-40(54)35-23-30-26-53(35)42(55)38(27-12-6-4-7-13-27)50-44(57)62-37-22-28(37)14-8-5-9-16-32-39(61-36-18-21-48-25-33(36)47)31-15-10-11-17-34(31)49-41(32)60-30;/h3,10-11,15,17,27-30,33,35-38,48H,1,4-9,12-14,16,18-26H2,2H3,(H,50,57)(H,51,54)(H,52,56);1H/t28-,29-,30-,33+,35+,36-,37-,38+,46-;/m1./s1. The molecule has 1 aromatic heterocycles. The molecule has 6 fully saturated rings. The summed E-state index contributed by atoms with van der Waals surface area (Å²) in [4.78, 5) is 63.7. The van der Waals surface area contributed by atoms with Crippen LogP contribution in [-0.4, -0.2) is 109 Å². The Balaban J connectivity index is 0.00000560. The van der Waals surface area contributed by atoms with Gasteiger partial charge in [0.2, 0.25) is 27.7 Å². The molecule has 0 unspecified atom stereocenters. The molecule has 4 amide bonds. The van der Waals surface area contributed by atoms with Gasteiger partial charge in [-0.25, -0.2) is 22.6 Å². The van der Waals surface area contributed by atoms with Crippen molar-refractivity contribution in [3.8, 4) is 11.6 Å². The summed E-state index contributed by atoms with van der Waals surface area (Å²) in [7, 11) is -4.03. The Morgan fingerprint density at radius 1 is 1.02 bits per heavy atom. The van der Waals surface area contributed by atoms with Crippen LogP contribution in [0.5, 0.6) is 11.6 Å². The van der Waals surface area contributed by atoms with Crippen LogP contribution in [0.1, 0.15) is 109 Å². The molecule has 15 nitrogen and oxygen atoms in total. The smallest absolute Gasteiger partial charge is 0.408 e. The molecule has 2 bridgehead atoms. The normalized spacial score (nSPS) is 32.9. The Morgan fingerprint density at radius 3 is 2.47 bits per heavy atom. The number of para-hydroxylation sites is 1. The Morgan fingerprint density at radius 2 is 1.75 bits per heavy atom. The predicted octanol–water partition coefficient (Wildman–Crippen LogP) is 5.32. The van der Waals surface area contributed by atoms with E-state index in [1.807, 2.05) is 24.3 Å². The van der Waals surface area contributed by atoms with Crippen LogP contribution in [0.4, 0.5) is 9.18 Å². The SMILES string of the molecule is C=C[C@@H]1C[C@]1(NC(=O)[C@@H]1C[C@@H]2CN1C(=O)[C@H](C1CCCCC1)NC(=O)O[C@@H]1C[C@H]1CCCCCc1c(nc3ccccc3c1O[C@@H]1CCNC[C@@H]1F)O2)C(=O)NS(=O)(=O)C1(C)CC1.Cl. The van der Waals surface area contributed by atoms with Gasteiger partial charge in [0.15, 0.2) is 0 Å². The monoisotopic (exact) mass is 928 g/mol. The number of fused-ring (bicyclic) bond motifs is 5. The number of hydrogen-bond acceptors (Lipinski definition) is 11. The Bertz CT molecular complexity index is 2240. The van der Waals surface area contributed by atoms with Crippen molar-refractivity contribution in [2.75, 3.05) is 19.6 Å². The highest BCUT2D eigenvalue weighted by molar-refractivity contribution is 7.91. The number of aromatic nitrogens is 1. The number of carbonyl (C=O) groups is 4. The minimum Gasteiger partial charge on any atom is -0.486 e. The summed E-state index contributed by atoms with van der Waals surface area (Å²) in [5.41, 5.74) is -0.311. The van der Waals surface area contributed by atoms with E-state index in [0.717, 1.165) is 56.8 Å². The second kappa shape index (κ2) is 18.6. The first-order valence-electron chi connectivity index (χ1n) is 23.2. The number of rotatable bonds is 9. The summed E-state index contributed by atoms with van der Waals surface area (Å²) in [6, 6.07) is 5.36. The van der Waals surface area contributed by atoms with Crippen molar-refractivity contribution >= 4 is 57.1 Å². The number of alkyl carbamates (subject to hydrolysis) is 1. The molecule has 4 heterocycles. The maximum Gasteiger partial charge on any atom is 0.408 e. The van der Waals surface area contributed by atoms with Crippen LogP contribution in [0, 0.1) is 17.8 Å². The molecule has 9 rings (SSSR count). The predicted molar refractivity (Wildman–Crippen MR) is 238 cm³/mol. The zero-order valence-electron chi connectivity index (χ0n) is 36.5. The van der Waals surface area contributed by atoms with Gasteiger partial charge in [-0.15, -0.1) is 19.0 Å². The molecule has 4 N–H and O–H groups in total. The van der Waals surface area contributed by atoms with Crippen molar-refractivity contribution in [1.82, 2.24) is 30.6 Å². The Labute approximate surface area is 380 Å². The minimum atomic E-state index is -4.03. The van der Waals surface area contributed by atoms with E-state index in [1.54, 1.807) is 6.92 Å². The first-order valence-corrected chi connectivity index (χ1v) is 24.7. The average molecular weight is 930 g/mol. The van der Waals surface area contributed by atoms with E-state index in [1.165, 1.54) is 11.0 Å². The van der Waals surface area contributed by atoms with Crippen molar-refractivity contribution in [2.45, 2.75) is 157 Å². The molecule has 9 atom stereocenters. The van der Waals surface area contributed by atoms with Crippen molar-refractivity contribution in [3.63, 3.8) is 0 Å². The summed E-state index contributed by atoms with van der Waals surface area (Å²) in [5, 5.41) is 9.64. The van der Waals surface area contributed by atoms with Gasteiger partial charge in [0.25, 0.3) is 5.91 Å². The van der Waals surface area contributed by atoms with Crippen LogP contribution >= 0.6 is 12.4 Å². The number of hydrogen-bond donors (Lipinski definition) is 4. The van der Waals surface area contributed by atoms with Crippen molar-refractivity contribution < 1.29 is 46.2 Å². The van der Waals surface area contributed by atoms with E-state index < -0.39 is 80.5 Å². The largest absolute Gasteiger partial charge is 0.486 e. The molecular formula is C46H62ClFN6O9S. The maximum atomic E-state index is 15.4. The first-order chi connectivity index (χ1) is 30.3. The van der Waals surface area contributed by atoms with Gasteiger partial charge in [-0.2, -0.15) is 0 Å². The van der Waals surface area contributed by atoms with E-state index in [0.29, 0.717) is 61.9 Å². The summed E-state index contributed by atoms with van der Waals surface area (Å²) in [6.07, 6.45) is 8.25. The summed E-state index contributed by atoms with van der Waals surface area (Å²) >= 11 is 0. The maximum absolute atomic E-state index is 15.4.